The fourth-order valence-corrected chi connectivity index (χ4v) is 7.14. The smallest absolute Gasteiger partial charge is 0.00914 e. The molecule has 0 spiro atoms. The zero-order chi connectivity index (χ0) is 39.2. The molecule has 0 saturated carbocycles. The Bertz CT molecular complexity index is 1290. The summed E-state index contributed by atoms with van der Waals surface area (Å²) in [5, 5.41) is 14.4. The van der Waals surface area contributed by atoms with Crippen LogP contribution in [-0.4, -0.2) is 64.4 Å². The van der Waals surface area contributed by atoms with E-state index in [9.17, 15) is 0 Å². The van der Waals surface area contributed by atoms with E-state index in [1.54, 1.807) is 0 Å². The van der Waals surface area contributed by atoms with Gasteiger partial charge in [0.05, 0.1) is 0 Å². The molecule has 2 unspecified atom stereocenters. The molecule has 0 aromatic heterocycles. The number of nitrogens with one attached hydrogen (secondary N) is 4. The van der Waals surface area contributed by atoms with Crippen LogP contribution in [0.15, 0.2) is 66.7 Å². The first-order chi connectivity index (χ1) is 26.1. The van der Waals surface area contributed by atoms with Crippen LogP contribution in [0.1, 0.15) is 117 Å². The summed E-state index contributed by atoms with van der Waals surface area (Å²) >= 11 is 0. The minimum absolute atomic E-state index is 0.0413. The SMILES string of the molecule is CCC(CC)CNCCCNCCC(N)Cc1ccc(-c2cc(-c3ccc(CC(N)CCNCCCNCC(CC)CC)cc3)cc(C(C)(C)C)c2)cc1. The third-order valence-corrected chi connectivity index (χ3v) is 11.3. The van der Waals surface area contributed by atoms with Gasteiger partial charge in [-0.3, -0.25) is 0 Å². The lowest BCUT2D eigenvalue weighted by Gasteiger charge is -2.22. The van der Waals surface area contributed by atoms with Gasteiger partial charge >= 0.3 is 0 Å². The number of nitrogens with two attached hydrogens (primary N) is 2. The van der Waals surface area contributed by atoms with Crippen molar-refractivity contribution in [3.05, 3.63) is 83.4 Å². The Morgan fingerprint density at radius 2 is 0.852 bits per heavy atom. The highest BCUT2D eigenvalue weighted by Crippen LogP contribution is 2.34. The summed E-state index contributed by atoms with van der Waals surface area (Å²) in [6.07, 6.45) is 11.1. The van der Waals surface area contributed by atoms with Gasteiger partial charge in [0, 0.05) is 12.1 Å². The zero-order valence-electron chi connectivity index (χ0n) is 35.5. The molecule has 0 radical (unpaired) electrons. The van der Waals surface area contributed by atoms with Crippen molar-refractivity contribution < 1.29 is 0 Å². The fourth-order valence-electron chi connectivity index (χ4n) is 7.14. The molecule has 8 N–H and O–H groups in total. The van der Waals surface area contributed by atoms with Crippen LogP contribution in [-0.2, 0) is 18.3 Å². The van der Waals surface area contributed by atoms with Crippen LogP contribution < -0.4 is 32.7 Å². The standard InChI is InChI=1S/C48H80N6/c1-8-37(9-2)35-53-26-12-24-51-28-22-46(49)30-39-14-18-41(19-15-39)43-32-44(34-45(33-43)48(5,6)7)42-20-16-40(17-21-42)31-47(50)23-29-52-25-13-27-54-36-38(10-3)11-4/h14-21,32-34,37-38,46-47,51-54H,8-13,22-31,35-36,49-50H2,1-7H3. The Labute approximate surface area is 331 Å². The minimum Gasteiger partial charge on any atom is -0.327 e. The Balaban J connectivity index is 1.48. The van der Waals surface area contributed by atoms with Crippen molar-refractivity contribution >= 4 is 0 Å². The average Bonchev–Trinajstić information content (AvgIpc) is 3.17. The van der Waals surface area contributed by atoms with Crippen molar-refractivity contribution in [3.63, 3.8) is 0 Å². The molecule has 0 fully saturated rings. The first-order valence-corrected chi connectivity index (χ1v) is 21.7. The third kappa shape index (κ3) is 17.5. The van der Waals surface area contributed by atoms with Crippen molar-refractivity contribution in [3.8, 4) is 22.3 Å². The summed E-state index contributed by atoms with van der Waals surface area (Å²) in [4.78, 5) is 0. The lowest BCUT2D eigenvalue weighted by atomic mass is 9.83. The molecule has 0 amide bonds. The summed E-state index contributed by atoms with van der Waals surface area (Å²) in [6, 6.07) is 25.5. The quantitative estimate of drug-likeness (QED) is 0.0417. The van der Waals surface area contributed by atoms with E-state index in [-0.39, 0.29) is 17.5 Å². The predicted octanol–water partition coefficient (Wildman–Crippen LogP) is 8.85. The number of benzene rings is 3. The Hall–Kier alpha value is -2.58. The van der Waals surface area contributed by atoms with Crippen LogP contribution in [0.25, 0.3) is 22.3 Å². The second-order valence-electron chi connectivity index (χ2n) is 16.9. The van der Waals surface area contributed by atoms with Gasteiger partial charge in [0.15, 0.2) is 0 Å². The molecule has 0 aliphatic carbocycles. The van der Waals surface area contributed by atoms with Crippen LogP contribution in [0.2, 0.25) is 0 Å². The lowest BCUT2D eigenvalue weighted by Crippen LogP contribution is -2.30. The maximum atomic E-state index is 6.57. The number of hydrogen-bond acceptors (Lipinski definition) is 6. The second kappa shape index (κ2) is 25.6. The van der Waals surface area contributed by atoms with Crippen molar-refractivity contribution in [1.82, 2.24) is 21.3 Å². The van der Waals surface area contributed by atoms with Gasteiger partial charge in [0.1, 0.15) is 0 Å². The molecule has 0 aliphatic rings. The van der Waals surface area contributed by atoms with Crippen LogP contribution in [0.5, 0.6) is 0 Å². The summed E-state index contributed by atoms with van der Waals surface area (Å²) in [5.41, 5.74) is 22.1. The normalized spacial score (nSPS) is 13.2. The van der Waals surface area contributed by atoms with Crippen LogP contribution >= 0.6 is 0 Å². The van der Waals surface area contributed by atoms with Gasteiger partial charge in [-0.05, 0) is 153 Å². The molecule has 2 atom stereocenters. The van der Waals surface area contributed by atoms with E-state index in [2.05, 4.69) is 136 Å². The molecule has 6 heteroatoms. The third-order valence-electron chi connectivity index (χ3n) is 11.3. The van der Waals surface area contributed by atoms with Crippen LogP contribution in [0, 0.1) is 11.8 Å². The molecule has 302 valence electrons. The van der Waals surface area contributed by atoms with Crippen molar-refractivity contribution in [2.75, 3.05) is 52.4 Å². The highest BCUT2D eigenvalue weighted by molar-refractivity contribution is 5.75. The first-order valence-electron chi connectivity index (χ1n) is 21.7. The Kier molecular flexibility index (Phi) is 21.7. The molecule has 0 heterocycles. The van der Waals surface area contributed by atoms with Crippen LogP contribution in [0.4, 0.5) is 0 Å². The van der Waals surface area contributed by atoms with E-state index in [0.29, 0.717) is 0 Å². The maximum absolute atomic E-state index is 6.57. The van der Waals surface area contributed by atoms with E-state index in [4.69, 9.17) is 11.5 Å². The monoisotopic (exact) mass is 741 g/mol. The van der Waals surface area contributed by atoms with Crippen molar-refractivity contribution in [2.45, 2.75) is 130 Å². The number of hydrogen-bond donors (Lipinski definition) is 6. The molecule has 6 nitrogen and oxygen atoms in total. The minimum atomic E-state index is 0.0413. The largest absolute Gasteiger partial charge is 0.327 e. The fraction of sp³-hybridized carbons (Fsp3) is 0.625. The summed E-state index contributed by atoms with van der Waals surface area (Å²) < 4.78 is 0. The van der Waals surface area contributed by atoms with Crippen LogP contribution in [0.3, 0.4) is 0 Å². The highest BCUT2D eigenvalue weighted by Gasteiger charge is 2.17. The summed E-state index contributed by atoms with van der Waals surface area (Å²) in [7, 11) is 0. The second-order valence-corrected chi connectivity index (χ2v) is 16.9. The molecule has 0 saturated heterocycles. The van der Waals surface area contributed by atoms with Gasteiger partial charge in [-0.15, -0.1) is 0 Å². The van der Waals surface area contributed by atoms with Gasteiger partial charge in [-0.25, -0.2) is 0 Å². The highest BCUT2D eigenvalue weighted by atomic mass is 14.9. The molecular weight excluding hydrogens is 661 g/mol. The molecular formula is C48H80N6. The molecule has 0 aliphatic heterocycles. The van der Waals surface area contributed by atoms with Gasteiger partial charge < -0.3 is 32.7 Å². The van der Waals surface area contributed by atoms with E-state index >= 15 is 0 Å². The van der Waals surface area contributed by atoms with Crippen molar-refractivity contribution in [2.24, 2.45) is 23.3 Å². The lowest BCUT2D eigenvalue weighted by molar-refractivity contribution is 0.444. The maximum Gasteiger partial charge on any atom is 0.00914 e. The Morgan fingerprint density at radius 3 is 1.20 bits per heavy atom. The van der Waals surface area contributed by atoms with Gasteiger partial charge in [0.2, 0.25) is 0 Å². The summed E-state index contributed by atoms with van der Waals surface area (Å²) in [6.45, 7) is 24.5. The van der Waals surface area contributed by atoms with Gasteiger partial charge in [-0.2, -0.15) is 0 Å². The van der Waals surface area contributed by atoms with E-state index in [1.807, 2.05) is 0 Å². The van der Waals surface area contributed by atoms with Crippen molar-refractivity contribution in [1.29, 1.82) is 0 Å². The molecule has 0 bridgehead atoms. The van der Waals surface area contributed by atoms with E-state index in [1.165, 1.54) is 64.6 Å². The number of rotatable bonds is 28. The summed E-state index contributed by atoms with van der Waals surface area (Å²) in [5.74, 6) is 1.61. The molecule has 3 aromatic rings. The molecule has 3 aromatic carbocycles. The van der Waals surface area contributed by atoms with Gasteiger partial charge in [-0.1, -0.05) is 135 Å². The predicted molar refractivity (Wildman–Crippen MR) is 237 cm³/mol. The Morgan fingerprint density at radius 1 is 0.481 bits per heavy atom. The first kappa shape index (κ1) is 45.8. The average molecular weight is 741 g/mol. The molecule has 3 rings (SSSR count). The molecule has 54 heavy (non-hydrogen) atoms. The topological polar surface area (TPSA) is 100 Å². The van der Waals surface area contributed by atoms with Gasteiger partial charge in [0.25, 0.3) is 0 Å². The van der Waals surface area contributed by atoms with E-state index in [0.717, 1.165) is 103 Å². The van der Waals surface area contributed by atoms with E-state index < -0.39 is 0 Å². The zero-order valence-corrected chi connectivity index (χ0v) is 35.5.